The van der Waals surface area contributed by atoms with E-state index in [4.69, 9.17) is 4.74 Å². The Morgan fingerprint density at radius 3 is 2.65 bits per heavy atom. The highest BCUT2D eigenvalue weighted by Crippen LogP contribution is 2.36. The van der Waals surface area contributed by atoms with Crippen molar-refractivity contribution in [2.45, 2.75) is 0 Å². The van der Waals surface area contributed by atoms with Gasteiger partial charge >= 0.3 is 6.09 Å². The SMILES string of the molecule is CN1C(=O)O/C(=C\c2ccccc2)c2cc(Br)ccc21. The number of rotatable bonds is 1. The molecule has 1 aliphatic heterocycles. The summed E-state index contributed by atoms with van der Waals surface area (Å²) in [5.74, 6) is 0.565. The van der Waals surface area contributed by atoms with Gasteiger partial charge in [0.1, 0.15) is 5.76 Å². The number of hydrogen-bond donors (Lipinski definition) is 0. The molecule has 0 spiro atoms. The molecule has 1 amide bonds. The fraction of sp³-hybridized carbons (Fsp3) is 0.0625. The van der Waals surface area contributed by atoms with E-state index in [9.17, 15) is 4.79 Å². The van der Waals surface area contributed by atoms with Crippen molar-refractivity contribution in [3.05, 3.63) is 64.1 Å². The van der Waals surface area contributed by atoms with Gasteiger partial charge in [0.15, 0.2) is 0 Å². The number of carbonyl (C=O) groups is 1. The monoisotopic (exact) mass is 329 g/mol. The summed E-state index contributed by atoms with van der Waals surface area (Å²) in [4.78, 5) is 13.4. The average molecular weight is 330 g/mol. The zero-order valence-electron chi connectivity index (χ0n) is 10.8. The summed E-state index contributed by atoms with van der Waals surface area (Å²) in [6, 6.07) is 15.6. The summed E-state index contributed by atoms with van der Waals surface area (Å²) in [5.41, 5.74) is 2.72. The van der Waals surface area contributed by atoms with Crippen LogP contribution in [0.3, 0.4) is 0 Å². The molecular weight excluding hydrogens is 318 g/mol. The number of amides is 1. The molecule has 0 N–H and O–H groups in total. The number of cyclic esters (lactones) is 1. The van der Waals surface area contributed by atoms with E-state index in [1.807, 2.05) is 54.6 Å². The normalized spacial score (nSPS) is 16.0. The Morgan fingerprint density at radius 1 is 1.15 bits per heavy atom. The minimum absolute atomic E-state index is 0.373. The minimum atomic E-state index is -0.373. The molecule has 3 rings (SSSR count). The van der Waals surface area contributed by atoms with Crippen LogP contribution in [-0.2, 0) is 4.74 Å². The highest BCUT2D eigenvalue weighted by Gasteiger charge is 2.26. The van der Waals surface area contributed by atoms with Crippen molar-refractivity contribution in [2.75, 3.05) is 11.9 Å². The molecule has 0 saturated carbocycles. The van der Waals surface area contributed by atoms with E-state index >= 15 is 0 Å². The Balaban J connectivity index is 2.14. The largest absolute Gasteiger partial charge is 0.419 e. The van der Waals surface area contributed by atoms with Gasteiger partial charge in [-0.15, -0.1) is 0 Å². The molecule has 20 heavy (non-hydrogen) atoms. The molecule has 0 atom stereocenters. The van der Waals surface area contributed by atoms with Crippen LogP contribution < -0.4 is 4.90 Å². The van der Waals surface area contributed by atoms with E-state index in [-0.39, 0.29) is 6.09 Å². The van der Waals surface area contributed by atoms with Gasteiger partial charge in [-0.25, -0.2) is 4.79 Å². The molecule has 0 aromatic heterocycles. The Hall–Kier alpha value is -2.07. The lowest BCUT2D eigenvalue weighted by atomic mass is 10.1. The van der Waals surface area contributed by atoms with Crippen LogP contribution in [0.2, 0.25) is 0 Å². The summed E-state index contributed by atoms with van der Waals surface area (Å²) in [6.45, 7) is 0. The summed E-state index contributed by atoms with van der Waals surface area (Å²) in [7, 11) is 1.70. The van der Waals surface area contributed by atoms with E-state index in [1.165, 1.54) is 4.90 Å². The summed E-state index contributed by atoms with van der Waals surface area (Å²) in [5, 5.41) is 0. The third kappa shape index (κ3) is 2.34. The summed E-state index contributed by atoms with van der Waals surface area (Å²) >= 11 is 3.45. The van der Waals surface area contributed by atoms with Crippen LogP contribution in [0.4, 0.5) is 10.5 Å². The fourth-order valence-corrected chi connectivity index (χ4v) is 2.48. The second-order valence-corrected chi connectivity index (χ2v) is 5.42. The molecule has 1 heterocycles. The molecule has 0 bridgehead atoms. The zero-order valence-corrected chi connectivity index (χ0v) is 12.4. The highest BCUT2D eigenvalue weighted by atomic mass is 79.9. The zero-order chi connectivity index (χ0) is 14.1. The first-order valence-electron chi connectivity index (χ1n) is 6.17. The quantitative estimate of drug-likeness (QED) is 0.769. The summed E-state index contributed by atoms with van der Waals surface area (Å²) in [6.07, 6.45) is 1.50. The molecule has 100 valence electrons. The molecule has 3 nitrogen and oxygen atoms in total. The van der Waals surface area contributed by atoms with Crippen molar-refractivity contribution in [3.8, 4) is 0 Å². The van der Waals surface area contributed by atoms with Crippen molar-refractivity contribution in [1.82, 2.24) is 0 Å². The maximum Gasteiger partial charge on any atom is 0.419 e. The van der Waals surface area contributed by atoms with Crippen molar-refractivity contribution in [2.24, 2.45) is 0 Å². The smallest absolute Gasteiger partial charge is 0.409 e. The van der Waals surface area contributed by atoms with Gasteiger partial charge < -0.3 is 4.74 Å². The van der Waals surface area contributed by atoms with Gasteiger partial charge in [0.25, 0.3) is 0 Å². The van der Waals surface area contributed by atoms with Crippen molar-refractivity contribution >= 4 is 39.5 Å². The molecule has 0 aliphatic carbocycles. The van der Waals surface area contributed by atoms with Gasteiger partial charge in [0.2, 0.25) is 0 Å². The van der Waals surface area contributed by atoms with Crippen LogP contribution in [0.1, 0.15) is 11.1 Å². The van der Waals surface area contributed by atoms with Gasteiger partial charge in [0, 0.05) is 17.1 Å². The molecule has 0 saturated heterocycles. The number of benzene rings is 2. The Morgan fingerprint density at radius 2 is 1.90 bits per heavy atom. The molecular formula is C16H12BrNO2. The molecule has 2 aromatic rings. The lowest BCUT2D eigenvalue weighted by Crippen LogP contribution is -2.31. The number of carbonyl (C=O) groups excluding carboxylic acids is 1. The molecule has 2 aromatic carbocycles. The van der Waals surface area contributed by atoms with E-state index in [1.54, 1.807) is 7.05 Å². The number of nitrogens with zero attached hydrogens (tertiary/aromatic N) is 1. The van der Waals surface area contributed by atoms with Gasteiger partial charge in [-0.2, -0.15) is 0 Å². The third-order valence-electron chi connectivity index (χ3n) is 3.15. The second-order valence-electron chi connectivity index (χ2n) is 4.51. The van der Waals surface area contributed by atoms with Crippen LogP contribution in [0.5, 0.6) is 0 Å². The van der Waals surface area contributed by atoms with Gasteiger partial charge in [0.05, 0.1) is 5.69 Å². The highest BCUT2D eigenvalue weighted by molar-refractivity contribution is 9.10. The topological polar surface area (TPSA) is 29.5 Å². The molecule has 4 heteroatoms. The molecule has 1 aliphatic rings. The average Bonchev–Trinajstić information content (AvgIpc) is 2.45. The van der Waals surface area contributed by atoms with Crippen molar-refractivity contribution in [1.29, 1.82) is 0 Å². The predicted octanol–water partition coefficient (Wildman–Crippen LogP) is 4.53. The minimum Gasteiger partial charge on any atom is -0.409 e. The van der Waals surface area contributed by atoms with Crippen LogP contribution in [-0.4, -0.2) is 13.1 Å². The Labute approximate surface area is 125 Å². The first kappa shape index (κ1) is 12.9. The van der Waals surface area contributed by atoms with Crippen LogP contribution in [0.25, 0.3) is 11.8 Å². The molecule has 0 radical (unpaired) electrons. The second kappa shape index (κ2) is 5.13. The standard InChI is InChI=1S/C16H12BrNO2/c1-18-14-8-7-12(17)10-13(14)15(20-16(18)19)9-11-5-3-2-4-6-11/h2-10H,1H3/b15-9-. The van der Waals surface area contributed by atoms with E-state index in [2.05, 4.69) is 15.9 Å². The first-order chi connectivity index (χ1) is 9.65. The predicted molar refractivity (Wildman–Crippen MR) is 83.3 cm³/mol. The molecule has 0 fully saturated rings. The number of anilines is 1. The van der Waals surface area contributed by atoms with E-state index in [0.29, 0.717) is 5.76 Å². The first-order valence-corrected chi connectivity index (χ1v) is 6.96. The Kier molecular flexibility index (Phi) is 3.32. The van der Waals surface area contributed by atoms with Gasteiger partial charge in [-0.3, -0.25) is 4.90 Å². The van der Waals surface area contributed by atoms with Crippen LogP contribution >= 0.6 is 15.9 Å². The van der Waals surface area contributed by atoms with Crippen molar-refractivity contribution < 1.29 is 9.53 Å². The van der Waals surface area contributed by atoms with Crippen LogP contribution in [0, 0.1) is 0 Å². The third-order valence-corrected chi connectivity index (χ3v) is 3.65. The number of ether oxygens (including phenoxy) is 1. The maximum absolute atomic E-state index is 11.9. The number of hydrogen-bond acceptors (Lipinski definition) is 2. The lowest BCUT2D eigenvalue weighted by Gasteiger charge is -2.27. The molecule has 0 unspecified atom stereocenters. The van der Waals surface area contributed by atoms with E-state index in [0.717, 1.165) is 21.3 Å². The number of halogens is 1. The number of fused-ring (bicyclic) bond motifs is 1. The lowest BCUT2D eigenvalue weighted by molar-refractivity contribution is 0.199. The van der Waals surface area contributed by atoms with Crippen molar-refractivity contribution in [3.63, 3.8) is 0 Å². The van der Waals surface area contributed by atoms with Gasteiger partial charge in [-0.05, 0) is 29.8 Å². The Bertz CT molecular complexity index is 695. The fourth-order valence-electron chi connectivity index (χ4n) is 2.12. The summed E-state index contributed by atoms with van der Waals surface area (Å²) < 4.78 is 6.36. The van der Waals surface area contributed by atoms with Crippen LogP contribution in [0.15, 0.2) is 53.0 Å². The van der Waals surface area contributed by atoms with E-state index < -0.39 is 0 Å². The maximum atomic E-state index is 11.9. The van der Waals surface area contributed by atoms with Gasteiger partial charge in [-0.1, -0.05) is 46.3 Å².